The Hall–Kier alpha value is -1.78. The molecular weight excluding hydrogens is 242 g/mol. The summed E-state index contributed by atoms with van der Waals surface area (Å²) in [5.74, 6) is -0.557. The van der Waals surface area contributed by atoms with Gasteiger partial charge in [-0.2, -0.15) is 0 Å². The summed E-state index contributed by atoms with van der Waals surface area (Å²) in [4.78, 5) is 15.0. The summed E-state index contributed by atoms with van der Waals surface area (Å²) in [6.07, 6.45) is 6.22. The first kappa shape index (κ1) is 13.6. The molecule has 1 aliphatic carbocycles. The molecule has 1 aromatic heterocycles. The quantitative estimate of drug-likeness (QED) is 0.777. The minimum Gasteiger partial charge on any atom is -0.477 e. The lowest BCUT2D eigenvalue weighted by Crippen LogP contribution is -2.29. The predicted octanol–water partition coefficient (Wildman–Crippen LogP) is 2.74. The predicted molar refractivity (Wildman–Crippen MR) is 75.3 cm³/mol. The highest BCUT2D eigenvalue weighted by atomic mass is 16.4. The van der Waals surface area contributed by atoms with Crippen LogP contribution in [0.1, 0.15) is 49.5 Å². The van der Waals surface area contributed by atoms with E-state index in [0.717, 1.165) is 6.54 Å². The lowest BCUT2D eigenvalue weighted by molar-refractivity contribution is 0.0690. The summed E-state index contributed by atoms with van der Waals surface area (Å²) in [5.41, 5.74) is 6.60. The van der Waals surface area contributed by atoms with Crippen molar-refractivity contribution in [2.75, 3.05) is 17.6 Å². The van der Waals surface area contributed by atoms with Crippen LogP contribution in [0.15, 0.2) is 12.1 Å². The molecule has 1 heterocycles. The van der Waals surface area contributed by atoms with Crippen LogP contribution in [0.25, 0.3) is 0 Å². The van der Waals surface area contributed by atoms with Crippen molar-refractivity contribution in [1.82, 2.24) is 4.98 Å². The maximum atomic E-state index is 10.9. The first-order valence-electron chi connectivity index (χ1n) is 6.74. The normalized spacial score (nSPS) is 17.9. The number of nitrogens with zero attached hydrogens (tertiary/aromatic N) is 1. The highest BCUT2D eigenvalue weighted by molar-refractivity contribution is 5.86. The molecule has 1 fully saturated rings. The summed E-state index contributed by atoms with van der Waals surface area (Å²) in [7, 11) is 0. The fourth-order valence-electron chi connectivity index (χ4n) is 2.61. The number of carboxylic acid groups (broad SMARTS) is 1. The van der Waals surface area contributed by atoms with E-state index in [1.165, 1.54) is 38.2 Å². The Morgan fingerprint density at radius 1 is 1.42 bits per heavy atom. The maximum absolute atomic E-state index is 10.9. The second kappa shape index (κ2) is 5.47. The molecule has 5 heteroatoms. The van der Waals surface area contributed by atoms with Gasteiger partial charge in [-0.25, -0.2) is 9.78 Å². The molecule has 0 bridgehead atoms. The number of pyridine rings is 1. The monoisotopic (exact) mass is 263 g/mol. The van der Waals surface area contributed by atoms with Gasteiger partial charge < -0.3 is 16.2 Å². The molecule has 19 heavy (non-hydrogen) atoms. The van der Waals surface area contributed by atoms with Crippen LogP contribution in [-0.2, 0) is 0 Å². The first-order valence-corrected chi connectivity index (χ1v) is 6.74. The zero-order valence-electron chi connectivity index (χ0n) is 11.3. The van der Waals surface area contributed by atoms with Crippen molar-refractivity contribution in [3.8, 4) is 0 Å². The second-order valence-electron chi connectivity index (χ2n) is 5.66. The molecular formula is C14H21N3O2. The van der Waals surface area contributed by atoms with Crippen molar-refractivity contribution < 1.29 is 9.90 Å². The molecule has 104 valence electrons. The molecule has 1 aliphatic rings. The number of carbonyl (C=O) groups is 1. The zero-order valence-corrected chi connectivity index (χ0v) is 11.3. The van der Waals surface area contributed by atoms with Crippen LogP contribution in [0.4, 0.5) is 11.5 Å². The third-order valence-corrected chi connectivity index (χ3v) is 3.89. The van der Waals surface area contributed by atoms with E-state index in [-0.39, 0.29) is 11.1 Å². The Kier molecular flexibility index (Phi) is 3.93. The zero-order chi connectivity index (χ0) is 13.9. The Labute approximate surface area is 113 Å². The van der Waals surface area contributed by atoms with Gasteiger partial charge in [0, 0.05) is 6.54 Å². The molecule has 0 spiro atoms. The molecule has 2 rings (SSSR count). The molecule has 5 nitrogen and oxygen atoms in total. The molecule has 0 unspecified atom stereocenters. The topological polar surface area (TPSA) is 88.2 Å². The molecule has 0 aliphatic heterocycles. The van der Waals surface area contributed by atoms with E-state index in [2.05, 4.69) is 17.2 Å². The van der Waals surface area contributed by atoms with E-state index in [1.807, 2.05) is 0 Å². The van der Waals surface area contributed by atoms with E-state index >= 15 is 0 Å². The van der Waals surface area contributed by atoms with Crippen molar-refractivity contribution >= 4 is 17.5 Å². The van der Waals surface area contributed by atoms with Crippen LogP contribution >= 0.6 is 0 Å². The van der Waals surface area contributed by atoms with Gasteiger partial charge in [0.1, 0.15) is 5.82 Å². The molecule has 0 atom stereocenters. The van der Waals surface area contributed by atoms with Crippen LogP contribution in [0.3, 0.4) is 0 Å². The van der Waals surface area contributed by atoms with Gasteiger partial charge in [0.15, 0.2) is 5.69 Å². The first-order chi connectivity index (χ1) is 9.00. The summed E-state index contributed by atoms with van der Waals surface area (Å²) in [5, 5.41) is 12.2. The summed E-state index contributed by atoms with van der Waals surface area (Å²) in [6, 6.07) is 3.01. The van der Waals surface area contributed by atoms with E-state index in [9.17, 15) is 4.79 Å². The Balaban J connectivity index is 2.06. The number of nitrogens with one attached hydrogen (secondary N) is 1. The van der Waals surface area contributed by atoms with E-state index in [1.54, 1.807) is 6.07 Å². The highest BCUT2D eigenvalue weighted by Gasteiger charge is 2.26. The number of aromatic nitrogens is 1. The minimum atomic E-state index is -1.04. The SMILES string of the molecule is CC1(CNc2nc(C(=O)O)ccc2N)CCCCC1. The van der Waals surface area contributed by atoms with E-state index in [4.69, 9.17) is 10.8 Å². The average Bonchev–Trinajstić information content (AvgIpc) is 2.38. The van der Waals surface area contributed by atoms with Gasteiger partial charge in [0.05, 0.1) is 5.69 Å². The fraction of sp³-hybridized carbons (Fsp3) is 0.571. The van der Waals surface area contributed by atoms with Crippen molar-refractivity contribution in [3.63, 3.8) is 0 Å². The van der Waals surface area contributed by atoms with Crippen LogP contribution in [-0.4, -0.2) is 22.6 Å². The van der Waals surface area contributed by atoms with Crippen molar-refractivity contribution in [2.45, 2.75) is 39.0 Å². The van der Waals surface area contributed by atoms with Gasteiger partial charge in [-0.3, -0.25) is 0 Å². The minimum absolute atomic E-state index is 0.0190. The van der Waals surface area contributed by atoms with E-state index < -0.39 is 5.97 Å². The Bertz CT molecular complexity index is 468. The van der Waals surface area contributed by atoms with Crippen LogP contribution in [0.5, 0.6) is 0 Å². The fourth-order valence-corrected chi connectivity index (χ4v) is 2.61. The third-order valence-electron chi connectivity index (χ3n) is 3.89. The van der Waals surface area contributed by atoms with Crippen molar-refractivity contribution in [3.05, 3.63) is 17.8 Å². The van der Waals surface area contributed by atoms with Crippen LogP contribution < -0.4 is 11.1 Å². The molecule has 0 saturated heterocycles. The van der Waals surface area contributed by atoms with Gasteiger partial charge in [-0.1, -0.05) is 26.2 Å². The Morgan fingerprint density at radius 2 is 2.11 bits per heavy atom. The van der Waals surface area contributed by atoms with E-state index in [0.29, 0.717) is 11.5 Å². The summed E-state index contributed by atoms with van der Waals surface area (Å²) < 4.78 is 0. The lowest BCUT2D eigenvalue weighted by Gasteiger charge is -2.34. The number of aromatic carboxylic acids is 1. The average molecular weight is 263 g/mol. The van der Waals surface area contributed by atoms with Gasteiger partial charge >= 0.3 is 5.97 Å². The maximum Gasteiger partial charge on any atom is 0.354 e. The lowest BCUT2D eigenvalue weighted by atomic mass is 9.76. The number of hydrogen-bond acceptors (Lipinski definition) is 4. The van der Waals surface area contributed by atoms with Gasteiger partial charge in [-0.15, -0.1) is 0 Å². The smallest absolute Gasteiger partial charge is 0.354 e. The van der Waals surface area contributed by atoms with Crippen LogP contribution in [0.2, 0.25) is 0 Å². The Morgan fingerprint density at radius 3 is 2.74 bits per heavy atom. The number of nitrogen functional groups attached to an aromatic ring is 1. The number of hydrogen-bond donors (Lipinski definition) is 3. The van der Waals surface area contributed by atoms with Crippen LogP contribution in [0, 0.1) is 5.41 Å². The molecule has 0 amide bonds. The number of anilines is 2. The molecule has 0 radical (unpaired) electrons. The van der Waals surface area contributed by atoms with Gasteiger partial charge in [0.25, 0.3) is 0 Å². The largest absolute Gasteiger partial charge is 0.477 e. The second-order valence-corrected chi connectivity index (χ2v) is 5.66. The number of carboxylic acids is 1. The highest BCUT2D eigenvalue weighted by Crippen LogP contribution is 2.36. The molecule has 0 aromatic carbocycles. The van der Waals surface area contributed by atoms with Gasteiger partial charge in [-0.05, 0) is 30.4 Å². The number of rotatable bonds is 4. The van der Waals surface area contributed by atoms with Crippen molar-refractivity contribution in [2.24, 2.45) is 5.41 Å². The number of nitrogens with two attached hydrogens (primary N) is 1. The van der Waals surface area contributed by atoms with Crippen molar-refractivity contribution in [1.29, 1.82) is 0 Å². The van der Waals surface area contributed by atoms with Gasteiger partial charge in [0.2, 0.25) is 0 Å². The molecule has 4 N–H and O–H groups in total. The third kappa shape index (κ3) is 3.36. The summed E-state index contributed by atoms with van der Waals surface area (Å²) >= 11 is 0. The molecule has 1 saturated carbocycles. The summed E-state index contributed by atoms with van der Waals surface area (Å²) in [6.45, 7) is 3.05. The standard InChI is InChI=1S/C14H21N3O2/c1-14(7-3-2-4-8-14)9-16-12-10(15)5-6-11(17-12)13(18)19/h5-6H,2-4,7-9,15H2,1H3,(H,16,17)(H,18,19). The molecule has 1 aromatic rings.